The van der Waals surface area contributed by atoms with Crippen LogP contribution < -0.4 is 5.32 Å². The third kappa shape index (κ3) is 4.31. The summed E-state index contributed by atoms with van der Waals surface area (Å²) in [6.07, 6.45) is 4.02. The normalized spacial score (nSPS) is 21.9. The fourth-order valence-corrected chi connectivity index (χ4v) is 3.58. The van der Waals surface area contributed by atoms with Crippen molar-refractivity contribution in [2.24, 2.45) is 11.3 Å². The zero-order valence-corrected chi connectivity index (χ0v) is 14.2. The molecule has 1 heterocycles. The van der Waals surface area contributed by atoms with E-state index < -0.39 is 0 Å². The quantitative estimate of drug-likeness (QED) is 0.848. The number of piperidine rings is 1. The minimum Gasteiger partial charge on any atom is -0.313 e. The summed E-state index contributed by atoms with van der Waals surface area (Å²) in [5.41, 5.74) is 1.99. The largest absolute Gasteiger partial charge is 0.313 e. The van der Waals surface area contributed by atoms with E-state index in [0.29, 0.717) is 17.4 Å². The standard InChI is InChI=1S/C19H32N2/c1-5-19(3)11-13-21(14-12-19)15-16(2)18(20-4)17-9-7-6-8-10-17/h6-10,16,18,20H,5,11-15H2,1-4H3. The first-order valence-electron chi connectivity index (χ1n) is 8.52. The monoisotopic (exact) mass is 288 g/mol. The number of nitrogens with zero attached hydrogens (tertiary/aromatic N) is 1. The van der Waals surface area contributed by atoms with E-state index in [4.69, 9.17) is 0 Å². The second-order valence-electron chi connectivity index (χ2n) is 7.12. The molecule has 1 fully saturated rings. The molecule has 118 valence electrons. The summed E-state index contributed by atoms with van der Waals surface area (Å²) >= 11 is 0. The Kier molecular flexibility index (Phi) is 5.83. The van der Waals surface area contributed by atoms with Crippen molar-refractivity contribution in [1.29, 1.82) is 0 Å². The van der Waals surface area contributed by atoms with E-state index in [1.165, 1.54) is 44.5 Å². The predicted molar refractivity (Wildman–Crippen MR) is 91.5 cm³/mol. The van der Waals surface area contributed by atoms with Gasteiger partial charge in [0.05, 0.1) is 0 Å². The molecule has 2 heteroatoms. The van der Waals surface area contributed by atoms with Gasteiger partial charge in [-0.15, -0.1) is 0 Å². The first kappa shape index (κ1) is 16.5. The summed E-state index contributed by atoms with van der Waals surface area (Å²) in [5, 5.41) is 3.51. The van der Waals surface area contributed by atoms with Gasteiger partial charge in [0.1, 0.15) is 0 Å². The molecule has 2 atom stereocenters. The third-order valence-electron chi connectivity index (χ3n) is 5.50. The van der Waals surface area contributed by atoms with Crippen molar-refractivity contribution in [1.82, 2.24) is 10.2 Å². The number of likely N-dealkylation sites (tertiary alicyclic amines) is 1. The van der Waals surface area contributed by atoms with Crippen molar-refractivity contribution in [2.75, 3.05) is 26.7 Å². The molecule has 2 nitrogen and oxygen atoms in total. The van der Waals surface area contributed by atoms with Gasteiger partial charge in [-0.1, -0.05) is 57.5 Å². The Hall–Kier alpha value is -0.860. The van der Waals surface area contributed by atoms with Crippen LogP contribution in [0.5, 0.6) is 0 Å². The fraction of sp³-hybridized carbons (Fsp3) is 0.684. The van der Waals surface area contributed by atoms with Crippen molar-refractivity contribution in [3.63, 3.8) is 0 Å². The molecule has 0 spiro atoms. The van der Waals surface area contributed by atoms with Gasteiger partial charge in [0.2, 0.25) is 0 Å². The molecule has 1 aliphatic heterocycles. The molecular formula is C19H32N2. The highest BCUT2D eigenvalue weighted by Crippen LogP contribution is 2.34. The van der Waals surface area contributed by atoms with Gasteiger partial charge in [-0.25, -0.2) is 0 Å². The van der Waals surface area contributed by atoms with Gasteiger partial charge in [-0.2, -0.15) is 0 Å². The molecule has 1 aromatic carbocycles. The molecule has 1 saturated heterocycles. The first-order chi connectivity index (χ1) is 10.1. The number of hydrogen-bond donors (Lipinski definition) is 1. The van der Waals surface area contributed by atoms with Gasteiger partial charge in [-0.05, 0) is 49.9 Å². The highest BCUT2D eigenvalue weighted by molar-refractivity contribution is 5.19. The molecule has 21 heavy (non-hydrogen) atoms. The van der Waals surface area contributed by atoms with Gasteiger partial charge < -0.3 is 10.2 Å². The van der Waals surface area contributed by atoms with Crippen LogP contribution >= 0.6 is 0 Å². The highest BCUT2D eigenvalue weighted by atomic mass is 15.1. The summed E-state index contributed by atoms with van der Waals surface area (Å²) in [5.74, 6) is 0.628. The van der Waals surface area contributed by atoms with E-state index in [2.05, 4.69) is 68.4 Å². The highest BCUT2D eigenvalue weighted by Gasteiger charge is 2.29. The van der Waals surface area contributed by atoms with Crippen molar-refractivity contribution in [3.8, 4) is 0 Å². The Bertz CT molecular complexity index is 407. The van der Waals surface area contributed by atoms with Crippen LogP contribution in [-0.2, 0) is 0 Å². The summed E-state index contributed by atoms with van der Waals surface area (Å²) < 4.78 is 0. The summed E-state index contributed by atoms with van der Waals surface area (Å²) in [6, 6.07) is 11.3. The van der Waals surface area contributed by atoms with Crippen LogP contribution in [0.3, 0.4) is 0 Å². The van der Waals surface area contributed by atoms with Crippen LogP contribution in [0.1, 0.15) is 51.6 Å². The maximum atomic E-state index is 3.51. The van der Waals surface area contributed by atoms with Crippen molar-refractivity contribution in [3.05, 3.63) is 35.9 Å². The maximum Gasteiger partial charge on any atom is 0.0355 e. The summed E-state index contributed by atoms with van der Waals surface area (Å²) in [7, 11) is 2.08. The zero-order valence-electron chi connectivity index (χ0n) is 14.2. The Labute approximate surface area is 130 Å². The number of benzene rings is 1. The number of nitrogens with one attached hydrogen (secondary N) is 1. The Morgan fingerprint density at radius 2 is 1.81 bits per heavy atom. The van der Waals surface area contributed by atoms with Crippen molar-refractivity contribution in [2.45, 2.75) is 46.1 Å². The second-order valence-corrected chi connectivity index (χ2v) is 7.12. The average molecular weight is 288 g/mol. The van der Waals surface area contributed by atoms with Gasteiger partial charge >= 0.3 is 0 Å². The van der Waals surface area contributed by atoms with Gasteiger partial charge in [0.15, 0.2) is 0 Å². The number of rotatable bonds is 6. The Morgan fingerprint density at radius 3 is 2.33 bits per heavy atom. The molecule has 0 amide bonds. The molecule has 2 rings (SSSR count). The van der Waals surface area contributed by atoms with Crippen LogP contribution in [0.4, 0.5) is 0 Å². The molecule has 1 aromatic rings. The lowest BCUT2D eigenvalue weighted by molar-refractivity contribution is 0.0977. The topological polar surface area (TPSA) is 15.3 Å². The molecule has 2 unspecified atom stereocenters. The van der Waals surface area contributed by atoms with Gasteiger partial charge in [0.25, 0.3) is 0 Å². The Balaban J connectivity index is 1.90. The lowest BCUT2D eigenvalue weighted by Crippen LogP contribution is -2.42. The molecule has 0 saturated carbocycles. The predicted octanol–water partition coefficient (Wildman–Crippen LogP) is 4.10. The SMILES string of the molecule is CCC1(C)CCN(CC(C)C(NC)c2ccccc2)CC1. The minimum absolute atomic E-state index is 0.450. The molecule has 0 aromatic heterocycles. The summed E-state index contributed by atoms with van der Waals surface area (Å²) in [6.45, 7) is 10.9. The average Bonchev–Trinajstić information content (AvgIpc) is 2.52. The fourth-order valence-electron chi connectivity index (χ4n) is 3.58. The first-order valence-corrected chi connectivity index (χ1v) is 8.52. The van der Waals surface area contributed by atoms with Crippen LogP contribution in [0.25, 0.3) is 0 Å². The lowest BCUT2D eigenvalue weighted by atomic mass is 9.78. The maximum absolute atomic E-state index is 3.51. The van der Waals surface area contributed by atoms with Gasteiger partial charge in [-0.3, -0.25) is 0 Å². The van der Waals surface area contributed by atoms with E-state index in [0.717, 1.165) is 0 Å². The van der Waals surface area contributed by atoms with Gasteiger partial charge in [0, 0.05) is 12.6 Å². The molecule has 0 radical (unpaired) electrons. The van der Waals surface area contributed by atoms with E-state index in [9.17, 15) is 0 Å². The molecule has 0 bridgehead atoms. The number of hydrogen-bond acceptors (Lipinski definition) is 2. The smallest absolute Gasteiger partial charge is 0.0355 e. The van der Waals surface area contributed by atoms with E-state index in [-0.39, 0.29) is 0 Å². The van der Waals surface area contributed by atoms with Crippen molar-refractivity contribution >= 4 is 0 Å². The summed E-state index contributed by atoms with van der Waals surface area (Å²) in [4.78, 5) is 2.66. The van der Waals surface area contributed by atoms with Crippen LogP contribution in [0, 0.1) is 11.3 Å². The third-order valence-corrected chi connectivity index (χ3v) is 5.50. The zero-order chi connectivity index (χ0) is 15.3. The van der Waals surface area contributed by atoms with Crippen LogP contribution in [0.15, 0.2) is 30.3 Å². The van der Waals surface area contributed by atoms with Crippen LogP contribution in [0.2, 0.25) is 0 Å². The van der Waals surface area contributed by atoms with Crippen LogP contribution in [-0.4, -0.2) is 31.6 Å². The molecular weight excluding hydrogens is 256 g/mol. The lowest BCUT2D eigenvalue weighted by Gasteiger charge is -2.40. The van der Waals surface area contributed by atoms with Crippen molar-refractivity contribution < 1.29 is 0 Å². The molecule has 0 aliphatic carbocycles. The Morgan fingerprint density at radius 1 is 1.19 bits per heavy atom. The van der Waals surface area contributed by atoms with E-state index in [1.807, 2.05) is 0 Å². The van der Waals surface area contributed by atoms with E-state index in [1.54, 1.807) is 0 Å². The minimum atomic E-state index is 0.450. The van der Waals surface area contributed by atoms with E-state index >= 15 is 0 Å². The molecule has 1 aliphatic rings. The second kappa shape index (κ2) is 7.42. The molecule has 1 N–H and O–H groups in total.